The van der Waals surface area contributed by atoms with E-state index in [2.05, 4.69) is 48.5 Å². The van der Waals surface area contributed by atoms with Crippen LogP contribution >= 0.6 is 11.8 Å². The minimum atomic E-state index is -0.867. The van der Waals surface area contributed by atoms with Crippen LogP contribution in [0.4, 0.5) is 0 Å². The molecule has 6 rings (SSSR count). The van der Waals surface area contributed by atoms with Crippen molar-refractivity contribution in [3.8, 4) is 11.5 Å². The third kappa shape index (κ3) is 2.09. The standard InChI is InChI=1S/C24H17NO2S/c1-15-25-24(16-9-3-2-4-10-16)23(28-15)26-21-19-13-7-5-11-17(19)18-12-6-8-14-20(18)22(21)27-24/h2-14,23H,1H3/t23-,24-/m1/s1. The van der Waals surface area contributed by atoms with Gasteiger partial charge >= 0.3 is 0 Å². The molecule has 0 spiro atoms. The molecule has 0 aromatic heterocycles. The van der Waals surface area contributed by atoms with Crippen molar-refractivity contribution in [3.05, 3.63) is 84.4 Å². The van der Waals surface area contributed by atoms with E-state index in [-0.39, 0.29) is 5.44 Å². The molecule has 2 aliphatic heterocycles. The maximum Gasteiger partial charge on any atom is 0.273 e. The molecule has 0 radical (unpaired) electrons. The van der Waals surface area contributed by atoms with Gasteiger partial charge in [-0.25, -0.2) is 4.99 Å². The summed E-state index contributed by atoms with van der Waals surface area (Å²) in [6.45, 7) is 2.02. The van der Waals surface area contributed by atoms with Crippen molar-refractivity contribution in [2.75, 3.05) is 0 Å². The molecule has 0 aliphatic carbocycles. The van der Waals surface area contributed by atoms with E-state index in [1.807, 2.05) is 37.3 Å². The lowest BCUT2D eigenvalue weighted by Crippen LogP contribution is -2.45. The number of hydrogen-bond acceptors (Lipinski definition) is 4. The van der Waals surface area contributed by atoms with Gasteiger partial charge in [-0.05, 0) is 17.7 Å². The first-order valence-corrected chi connectivity index (χ1v) is 10.2. The number of thioether (sulfide) groups is 1. The summed E-state index contributed by atoms with van der Waals surface area (Å²) in [5.41, 5.74) is -0.118. The van der Waals surface area contributed by atoms with Crippen LogP contribution in [0.15, 0.2) is 83.9 Å². The molecule has 3 nitrogen and oxygen atoms in total. The second-order valence-electron chi connectivity index (χ2n) is 7.11. The van der Waals surface area contributed by atoms with Crippen LogP contribution < -0.4 is 9.47 Å². The van der Waals surface area contributed by atoms with Gasteiger partial charge in [0.25, 0.3) is 5.72 Å². The summed E-state index contributed by atoms with van der Waals surface area (Å²) in [5, 5.41) is 5.43. The molecule has 0 saturated heterocycles. The van der Waals surface area contributed by atoms with E-state index in [0.717, 1.165) is 38.3 Å². The summed E-state index contributed by atoms with van der Waals surface area (Å²) < 4.78 is 13.4. The Kier molecular flexibility index (Phi) is 3.29. The van der Waals surface area contributed by atoms with Crippen molar-refractivity contribution in [3.63, 3.8) is 0 Å². The minimum absolute atomic E-state index is 0.257. The average molecular weight is 383 g/mol. The van der Waals surface area contributed by atoms with E-state index in [4.69, 9.17) is 14.5 Å². The third-order valence-electron chi connectivity index (χ3n) is 5.43. The maximum absolute atomic E-state index is 6.79. The van der Waals surface area contributed by atoms with Crippen molar-refractivity contribution >= 4 is 38.4 Å². The van der Waals surface area contributed by atoms with Gasteiger partial charge in [0.05, 0.1) is 5.04 Å². The third-order valence-corrected chi connectivity index (χ3v) is 6.49. The number of nitrogens with zero attached hydrogens (tertiary/aromatic N) is 1. The predicted molar refractivity (Wildman–Crippen MR) is 115 cm³/mol. The van der Waals surface area contributed by atoms with E-state index in [9.17, 15) is 0 Å². The van der Waals surface area contributed by atoms with Crippen LogP contribution in [0, 0.1) is 0 Å². The first kappa shape index (κ1) is 16.0. The highest BCUT2D eigenvalue weighted by Crippen LogP contribution is 2.55. The van der Waals surface area contributed by atoms with Crippen LogP contribution in [0.2, 0.25) is 0 Å². The van der Waals surface area contributed by atoms with Crippen molar-refractivity contribution in [1.29, 1.82) is 0 Å². The Morgan fingerprint density at radius 2 is 1.32 bits per heavy atom. The van der Waals surface area contributed by atoms with Crippen LogP contribution in [0.1, 0.15) is 12.5 Å². The number of rotatable bonds is 1. The molecule has 0 amide bonds. The molecule has 0 bridgehead atoms. The molecule has 0 unspecified atom stereocenters. The highest BCUT2D eigenvalue weighted by atomic mass is 32.2. The summed E-state index contributed by atoms with van der Waals surface area (Å²) in [5.74, 6) is 1.58. The largest absolute Gasteiger partial charge is 0.468 e. The highest BCUT2D eigenvalue weighted by Gasteiger charge is 2.53. The molecule has 4 aromatic carbocycles. The summed E-state index contributed by atoms with van der Waals surface area (Å²) in [4.78, 5) is 4.93. The molecular formula is C24H17NO2S. The fraction of sp³-hybridized carbons (Fsp3) is 0.125. The fourth-order valence-electron chi connectivity index (χ4n) is 4.22. The Balaban J connectivity index is 1.68. The Morgan fingerprint density at radius 3 is 2.00 bits per heavy atom. The molecule has 2 atom stereocenters. The number of hydrogen-bond donors (Lipinski definition) is 0. The van der Waals surface area contributed by atoms with Gasteiger partial charge in [-0.3, -0.25) is 0 Å². The number of aliphatic imine (C=N–C) groups is 1. The first-order valence-electron chi connectivity index (χ1n) is 9.34. The molecule has 0 N–H and O–H groups in total. The molecule has 136 valence electrons. The minimum Gasteiger partial charge on any atom is -0.468 e. The summed E-state index contributed by atoms with van der Waals surface area (Å²) in [6.07, 6.45) is 0. The zero-order valence-corrected chi connectivity index (χ0v) is 16.1. The molecule has 4 aromatic rings. The van der Waals surface area contributed by atoms with E-state index in [0.29, 0.717) is 0 Å². The van der Waals surface area contributed by atoms with Crippen molar-refractivity contribution in [2.24, 2.45) is 4.99 Å². The van der Waals surface area contributed by atoms with Gasteiger partial charge in [-0.2, -0.15) is 0 Å². The van der Waals surface area contributed by atoms with Gasteiger partial charge in [-0.1, -0.05) is 90.6 Å². The quantitative estimate of drug-likeness (QED) is 0.372. The van der Waals surface area contributed by atoms with Crippen LogP contribution in [0.25, 0.3) is 21.5 Å². The van der Waals surface area contributed by atoms with E-state index in [1.165, 1.54) is 5.39 Å². The van der Waals surface area contributed by atoms with Crippen LogP contribution in [-0.2, 0) is 5.72 Å². The normalized spacial score (nSPS) is 22.9. The monoisotopic (exact) mass is 383 g/mol. The first-order chi connectivity index (χ1) is 13.8. The number of ether oxygens (including phenoxy) is 2. The molecule has 4 heteroatoms. The van der Waals surface area contributed by atoms with E-state index >= 15 is 0 Å². The van der Waals surface area contributed by atoms with E-state index < -0.39 is 5.72 Å². The SMILES string of the molecule is CC1=N[C@]2(c3ccccc3)Oc3c(c4ccccc4c4ccccc34)O[C@@H]2S1. The second-order valence-corrected chi connectivity index (χ2v) is 8.37. The van der Waals surface area contributed by atoms with Gasteiger partial charge in [-0.15, -0.1) is 0 Å². The molecule has 0 saturated carbocycles. The second kappa shape index (κ2) is 5.76. The number of benzene rings is 4. The van der Waals surface area contributed by atoms with Gasteiger partial charge in [0, 0.05) is 16.3 Å². The highest BCUT2D eigenvalue weighted by molar-refractivity contribution is 8.14. The lowest BCUT2D eigenvalue weighted by atomic mass is 9.97. The Labute approximate surface area is 167 Å². The summed E-state index contributed by atoms with van der Waals surface area (Å²) in [7, 11) is 0. The van der Waals surface area contributed by atoms with Crippen molar-refractivity contribution < 1.29 is 9.47 Å². The zero-order chi connectivity index (χ0) is 18.7. The average Bonchev–Trinajstić information content (AvgIpc) is 3.09. The van der Waals surface area contributed by atoms with Gasteiger partial charge in [0.15, 0.2) is 11.5 Å². The van der Waals surface area contributed by atoms with Crippen LogP contribution in [-0.4, -0.2) is 10.5 Å². The Bertz CT molecular complexity index is 1270. The van der Waals surface area contributed by atoms with Gasteiger partial charge < -0.3 is 9.47 Å². The van der Waals surface area contributed by atoms with Crippen LogP contribution in [0.5, 0.6) is 11.5 Å². The zero-order valence-electron chi connectivity index (χ0n) is 15.3. The fourth-order valence-corrected chi connectivity index (χ4v) is 5.26. The van der Waals surface area contributed by atoms with Crippen molar-refractivity contribution in [2.45, 2.75) is 18.1 Å². The van der Waals surface area contributed by atoms with Crippen LogP contribution in [0.3, 0.4) is 0 Å². The lowest BCUT2D eigenvalue weighted by Gasteiger charge is -2.39. The predicted octanol–water partition coefficient (Wildman–Crippen LogP) is 6.11. The smallest absolute Gasteiger partial charge is 0.273 e. The van der Waals surface area contributed by atoms with Gasteiger partial charge in [0.2, 0.25) is 5.44 Å². The molecule has 2 aliphatic rings. The summed E-state index contributed by atoms with van der Waals surface area (Å²) in [6, 6.07) is 26.9. The summed E-state index contributed by atoms with van der Waals surface area (Å²) >= 11 is 1.62. The lowest BCUT2D eigenvalue weighted by molar-refractivity contribution is -0.0175. The van der Waals surface area contributed by atoms with E-state index in [1.54, 1.807) is 11.8 Å². The topological polar surface area (TPSA) is 30.8 Å². The number of fused-ring (bicyclic) bond motifs is 7. The molecule has 28 heavy (non-hydrogen) atoms. The van der Waals surface area contributed by atoms with Crippen molar-refractivity contribution in [1.82, 2.24) is 0 Å². The molecule has 0 fully saturated rings. The molecule has 2 heterocycles. The Morgan fingerprint density at radius 1 is 0.750 bits per heavy atom. The van der Waals surface area contributed by atoms with Gasteiger partial charge in [0.1, 0.15) is 0 Å². The molecular weight excluding hydrogens is 366 g/mol. The maximum atomic E-state index is 6.79. The Hall–Kier alpha value is -2.98.